The Morgan fingerprint density at radius 3 is 2.59 bits per heavy atom. The van der Waals surface area contributed by atoms with Crippen LogP contribution in [0.4, 0.5) is 5.69 Å². The summed E-state index contributed by atoms with van der Waals surface area (Å²) in [5, 5.41) is 5.52. The Bertz CT molecular complexity index is 480. The van der Waals surface area contributed by atoms with Gasteiger partial charge in [0, 0.05) is 17.6 Å². The van der Waals surface area contributed by atoms with Gasteiger partial charge in [0.05, 0.1) is 11.7 Å². The quantitative estimate of drug-likeness (QED) is 0.864. The highest BCUT2D eigenvalue weighted by Crippen LogP contribution is 2.31. The normalized spacial score (nSPS) is 13.4. The van der Waals surface area contributed by atoms with Gasteiger partial charge in [-0.1, -0.05) is 0 Å². The van der Waals surface area contributed by atoms with Crippen molar-refractivity contribution < 1.29 is 0 Å². The first-order valence-corrected chi connectivity index (χ1v) is 5.04. The summed E-state index contributed by atoms with van der Waals surface area (Å²) in [6, 6.07) is 5.97. The molecule has 1 aromatic heterocycles. The number of halogens is 3. The van der Waals surface area contributed by atoms with E-state index in [1.807, 2.05) is 18.3 Å². The van der Waals surface area contributed by atoms with Crippen LogP contribution in [0, 0.1) is 5.92 Å². The molecule has 0 saturated heterocycles. The van der Waals surface area contributed by atoms with Gasteiger partial charge in [-0.15, -0.1) is 37.2 Å². The molecule has 6 heteroatoms. The monoisotopic (exact) mass is 295 g/mol. The van der Waals surface area contributed by atoms with Gasteiger partial charge < -0.3 is 5.73 Å². The van der Waals surface area contributed by atoms with E-state index >= 15 is 0 Å². The first-order chi connectivity index (χ1) is 6.83. The minimum Gasteiger partial charge on any atom is -0.399 e. The lowest BCUT2D eigenvalue weighted by Crippen LogP contribution is -2.00. The molecule has 0 atom stereocenters. The largest absolute Gasteiger partial charge is 0.399 e. The van der Waals surface area contributed by atoms with Crippen molar-refractivity contribution in [3.05, 3.63) is 24.4 Å². The summed E-state index contributed by atoms with van der Waals surface area (Å²) >= 11 is 0. The maximum Gasteiger partial charge on any atom is 0.0684 e. The number of rotatable bonds is 2. The number of nitrogens with zero attached hydrogens (tertiary/aromatic N) is 2. The molecule has 2 aromatic rings. The molecule has 1 saturated carbocycles. The Hall–Kier alpha value is -0.640. The van der Waals surface area contributed by atoms with E-state index in [2.05, 4.69) is 15.8 Å². The molecule has 0 bridgehead atoms. The summed E-state index contributed by atoms with van der Waals surface area (Å²) in [5.41, 5.74) is 7.72. The highest BCUT2D eigenvalue weighted by atomic mass is 35.5. The third-order valence-electron chi connectivity index (χ3n) is 2.79. The number of aromatic nitrogens is 2. The molecular formula is C11H16Cl3N3. The molecule has 0 spiro atoms. The smallest absolute Gasteiger partial charge is 0.0684 e. The molecule has 1 aliphatic carbocycles. The van der Waals surface area contributed by atoms with E-state index in [9.17, 15) is 0 Å². The number of nitrogen functional groups attached to an aromatic ring is 1. The highest BCUT2D eigenvalue weighted by molar-refractivity contribution is 5.86. The van der Waals surface area contributed by atoms with Crippen LogP contribution in [-0.4, -0.2) is 9.78 Å². The van der Waals surface area contributed by atoms with Crippen molar-refractivity contribution in [1.82, 2.24) is 9.78 Å². The molecule has 3 rings (SSSR count). The van der Waals surface area contributed by atoms with Crippen LogP contribution in [0.1, 0.15) is 12.8 Å². The second-order valence-corrected chi connectivity index (χ2v) is 4.09. The Labute approximate surface area is 119 Å². The van der Waals surface area contributed by atoms with Crippen LogP contribution in [-0.2, 0) is 6.54 Å². The number of benzene rings is 1. The summed E-state index contributed by atoms with van der Waals surface area (Å²) in [4.78, 5) is 0. The molecule has 1 aliphatic rings. The van der Waals surface area contributed by atoms with Crippen LogP contribution < -0.4 is 5.73 Å². The van der Waals surface area contributed by atoms with E-state index in [1.165, 1.54) is 18.4 Å². The number of anilines is 1. The fraction of sp³-hybridized carbons (Fsp3) is 0.364. The minimum absolute atomic E-state index is 0. The van der Waals surface area contributed by atoms with E-state index in [0.717, 1.165) is 23.5 Å². The molecule has 1 fully saturated rings. The topological polar surface area (TPSA) is 43.8 Å². The van der Waals surface area contributed by atoms with Crippen molar-refractivity contribution in [1.29, 1.82) is 0 Å². The van der Waals surface area contributed by atoms with Crippen LogP contribution in [0.15, 0.2) is 24.4 Å². The van der Waals surface area contributed by atoms with Crippen molar-refractivity contribution in [2.24, 2.45) is 5.92 Å². The van der Waals surface area contributed by atoms with Gasteiger partial charge in [-0.05, 0) is 37.0 Å². The summed E-state index contributed by atoms with van der Waals surface area (Å²) in [6.07, 6.45) is 4.61. The fourth-order valence-corrected chi connectivity index (χ4v) is 1.80. The van der Waals surface area contributed by atoms with Crippen molar-refractivity contribution >= 4 is 53.8 Å². The Kier molecular flexibility index (Phi) is 6.10. The first-order valence-electron chi connectivity index (χ1n) is 5.04. The van der Waals surface area contributed by atoms with Crippen molar-refractivity contribution in [3.63, 3.8) is 0 Å². The van der Waals surface area contributed by atoms with Crippen LogP contribution in [0.25, 0.3) is 10.9 Å². The summed E-state index contributed by atoms with van der Waals surface area (Å²) in [7, 11) is 0. The predicted octanol–water partition coefficient (Wildman–Crippen LogP) is 3.29. The molecule has 2 N–H and O–H groups in total. The molecule has 17 heavy (non-hydrogen) atoms. The fourth-order valence-electron chi connectivity index (χ4n) is 1.80. The van der Waals surface area contributed by atoms with Crippen molar-refractivity contribution in [2.45, 2.75) is 19.4 Å². The number of hydrogen-bond acceptors (Lipinski definition) is 2. The van der Waals surface area contributed by atoms with Gasteiger partial charge in [-0.25, -0.2) is 0 Å². The van der Waals surface area contributed by atoms with Crippen LogP contribution in [0.2, 0.25) is 0 Å². The lowest BCUT2D eigenvalue weighted by Gasteiger charge is -2.01. The van der Waals surface area contributed by atoms with Gasteiger partial charge in [-0.2, -0.15) is 5.10 Å². The number of hydrogen-bond donors (Lipinski definition) is 1. The average Bonchev–Trinajstić information content (AvgIpc) is 2.89. The Morgan fingerprint density at radius 2 is 1.94 bits per heavy atom. The molecule has 1 aromatic carbocycles. The van der Waals surface area contributed by atoms with E-state index in [1.54, 1.807) is 0 Å². The molecule has 96 valence electrons. The maximum atomic E-state index is 5.71. The zero-order valence-electron chi connectivity index (χ0n) is 9.20. The second kappa shape index (κ2) is 6.34. The van der Waals surface area contributed by atoms with E-state index in [4.69, 9.17) is 5.73 Å². The standard InChI is InChI=1S/C11H13N3.3ClH/c12-10-3-4-11-9(5-10)6-13-14(11)7-8-1-2-8;;;/h3-6,8H,1-2,7,12H2;3*1H. The van der Waals surface area contributed by atoms with Gasteiger partial charge in [0.1, 0.15) is 0 Å². The van der Waals surface area contributed by atoms with Crippen molar-refractivity contribution in [3.8, 4) is 0 Å². The van der Waals surface area contributed by atoms with Gasteiger partial charge >= 0.3 is 0 Å². The second-order valence-electron chi connectivity index (χ2n) is 4.09. The van der Waals surface area contributed by atoms with Crippen LogP contribution in [0.3, 0.4) is 0 Å². The van der Waals surface area contributed by atoms with E-state index in [-0.39, 0.29) is 37.2 Å². The third kappa shape index (κ3) is 3.41. The van der Waals surface area contributed by atoms with Crippen molar-refractivity contribution in [2.75, 3.05) is 5.73 Å². The molecule has 0 unspecified atom stereocenters. The van der Waals surface area contributed by atoms with Gasteiger partial charge in [0.2, 0.25) is 0 Å². The van der Waals surface area contributed by atoms with Gasteiger partial charge in [-0.3, -0.25) is 4.68 Å². The third-order valence-corrected chi connectivity index (χ3v) is 2.79. The van der Waals surface area contributed by atoms with E-state index < -0.39 is 0 Å². The summed E-state index contributed by atoms with van der Waals surface area (Å²) in [5.74, 6) is 0.857. The molecule has 0 aliphatic heterocycles. The molecule has 1 heterocycles. The summed E-state index contributed by atoms with van der Waals surface area (Å²) < 4.78 is 2.09. The van der Waals surface area contributed by atoms with Crippen LogP contribution >= 0.6 is 37.2 Å². The molecule has 3 nitrogen and oxygen atoms in total. The van der Waals surface area contributed by atoms with Gasteiger partial charge in [0.15, 0.2) is 0 Å². The number of fused-ring (bicyclic) bond motifs is 1. The average molecular weight is 297 g/mol. The minimum atomic E-state index is 0. The molecule has 0 radical (unpaired) electrons. The lowest BCUT2D eigenvalue weighted by molar-refractivity contribution is 0.580. The predicted molar refractivity (Wildman–Crippen MR) is 78.6 cm³/mol. The Morgan fingerprint density at radius 1 is 1.24 bits per heavy atom. The molecule has 0 amide bonds. The maximum absolute atomic E-state index is 5.71. The lowest BCUT2D eigenvalue weighted by atomic mass is 10.2. The van der Waals surface area contributed by atoms with Crippen LogP contribution in [0.5, 0.6) is 0 Å². The van der Waals surface area contributed by atoms with E-state index in [0.29, 0.717) is 0 Å². The zero-order chi connectivity index (χ0) is 9.54. The SMILES string of the molecule is Cl.Cl.Cl.Nc1ccc2c(cnn2CC2CC2)c1. The Balaban J connectivity index is 0.000000853. The first kappa shape index (κ1) is 16.4. The molecular weight excluding hydrogens is 281 g/mol. The van der Waals surface area contributed by atoms with Gasteiger partial charge in [0.25, 0.3) is 0 Å². The zero-order valence-corrected chi connectivity index (χ0v) is 11.7. The number of nitrogens with two attached hydrogens (primary N) is 1. The summed E-state index contributed by atoms with van der Waals surface area (Å²) in [6.45, 7) is 1.06. The highest BCUT2D eigenvalue weighted by Gasteiger charge is 2.22.